The predicted molar refractivity (Wildman–Crippen MR) is 75.4 cm³/mol. The molecule has 0 saturated heterocycles. The van der Waals surface area contributed by atoms with Crippen molar-refractivity contribution in [2.45, 2.75) is 13.0 Å². The number of fused-ring (bicyclic) bond motifs is 1. The lowest BCUT2D eigenvalue weighted by molar-refractivity contribution is 0.844. The van der Waals surface area contributed by atoms with E-state index in [0.29, 0.717) is 5.13 Å². The van der Waals surface area contributed by atoms with Crippen LogP contribution in [0, 0.1) is 0 Å². The molecule has 3 nitrogen and oxygen atoms in total. The van der Waals surface area contributed by atoms with Crippen LogP contribution in [0.4, 0.5) is 10.8 Å². The summed E-state index contributed by atoms with van der Waals surface area (Å²) in [7, 11) is 0. The summed E-state index contributed by atoms with van der Waals surface area (Å²) in [6.45, 7) is 1.97. The second kappa shape index (κ2) is 4.31. The SMILES string of the molecule is Nc1ncc(CN2CCc3ccc(Br)cc32)s1. The Bertz CT molecular complexity index is 552. The number of nitrogen functional groups attached to an aromatic ring is 1. The van der Waals surface area contributed by atoms with Crippen LogP contribution in [0.1, 0.15) is 10.4 Å². The summed E-state index contributed by atoms with van der Waals surface area (Å²) in [6.07, 6.45) is 2.99. The van der Waals surface area contributed by atoms with Crippen LogP contribution in [0.25, 0.3) is 0 Å². The molecule has 0 aliphatic carbocycles. The fourth-order valence-electron chi connectivity index (χ4n) is 2.17. The topological polar surface area (TPSA) is 42.1 Å². The number of rotatable bonds is 2. The molecule has 0 spiro atoms. The maximum Gasteiger partial charge on any atom is 0.180 e. The molecular weight excluding hydrogens is 298 g/mol. The van der Waals surface area contributed by atoms with Crippen LogP contribution < -0.4 is 10.6 Å². The minimum atomic E-state index is 0.647. The van der Waals surface area contributed by atoms with Gasteiger partial charge in [-0.25, -0.2) is 4.98 Å². The number of nitrogens with zero attached hydrogens (tertiary/aromatic N) is 2. The number of thiazole rings is 1. The second-order valence-corrected chi connectivity index (χ2v) is 6.17. The lowest BCUT2D eigenvalue weighted by Crippen LogP contribution is -2.18. The third-order valence-electron chi connectivity index (χ3n) is 2.96. The smallest absolute Gasteiger partial charge is 0.180 e. The molecule has 0 bridgehead atoms. The lowest BCUT2D eigenvalue weighted by atomic mass is 10.2. The predicted octanol–water partition coefficient (Wildman–Crippen LogP) is 3.05. The number of anilines is 2. The molecule has 3 rings (SSSR count). The molecule has 0 atom stereocenters. The van der Waals surface area contributed by atoms with E-state index in [2.05, 4.69) is 44.0 Å². The Morgan fingerprint density at radius 3 is 3.12 bits per heavy atom. The van der Waals surface area contributed by atoms with Gasteiger partial charge in [0.1, 0.15) is 0 Å². The van der Waals surface area contributed by atoms with Crippen LogP contribution in [0.2, 0.25) is 0 Å². The standard InChI is InChI=1S/C12H12BrN3S/c13-9-2-1-8-3-4-16(11(8)5-9)7-10-6-15-12(14)17-10/h1-2,5-6H,3-4,7H2,(H2,14,15). The van der Waals surface area contributed by atoms with Crippen molar-refractivity contribution in [2.75, 3.05) is 17.2 Å². The van der Waals surface area contributed by atoms with E-state index in [1.165, 1.54) is 16.1 Å². The molecule has 1 aromatic carbocycles. The van der Waals surface area contributed by atoms with Crippen LogP contribution in [-0.2, 0) is 13.0 Å². The Morgan fingerprint density at radius 1 is 1.47 bits per heavy atom. The fourth-order valence-corrected chi connectivity index (χ4v) is 3.22. The molecule has 2 heterocycles. The molecule has 2 aromatic rings. The van der Waals surface area contributed by atoms with Gasteiger partial charge in [-0.05, 0) is 24.1 Å². The highest BCUT2D eigenvalue weighted by atomic mass is 79.9. The molecule has 0 saturated carbocycles. The third kappa shape index (κ3) is 2.17. The first-order chi connectivity index (χ1) is 8.22. The summed E-state index contributed by atoms with van der Waals surface area (Å²) in [5, 5.41) is 0.647. The van der Waals surface area contributed by atoms with Gasteiger partial charge in [-0.2, -0.15) is 0 Å². The highest BCUT2D eigenvalue weighted by molar-refractivity contribution is 9.10. The number of aromatic nitrogens is 1. The summed E-state index contributed by atoms with van der Waals surface area (Å²) < 4.78 is 1.13. The Labute approximate surface area is 112 Å². The van der Waals surface area contributed by atoms with Crippen molar-refractivity contribution in [3.63, 3.8) is 0 Å². The lowest BCUT2D eigenvalue weighted by Gasteiger charge is -2.18. The number of hydrogen-bond donors (Lipinski definition) is 1. The maximum absolute atomic E-state index is 5.65. The molecule has 2 N–H and O–H groups in total. The van der Waals surface area contributed by atoms with Crippen molar-refractivity contribution >= 4 is 38.1 Å². The van der Waals surface area contributed by atoms with Crippen molar-refractivity contribution in [1.29, 1.82) is 0 Å². The van der Waals surface area contributed by atoms with Crippen molar-refractivity contribution in [2.24, 2.45) is 0 Å². The molecule has 0 unspecified atom stereocenters. The van der Waals surface area contributed by atoms with Crippen molar-refractivity contribution in [3.8, 4) is 0 Å². The van der Waals surface area contributed by atoms with Crippen LogP contribution in [0.5, 0.6) is 0 Å². The summed E-state index contributed by atoms with van der Waals surface area (Å²) in [4.78, 5) is 7.69. The molecule has 0 amide bonds. The monoisotopic (exact) mass is 309 g/mol. The molecule has 17 heavy (non-hydrogen) atoms. The number of hydrogen-bond acceptors (Lipinski definition) is 4. The number of benzene rings is 1. The van der Waals surface area contributed by atoms with Crippen LogP contribution in [-0.4, -0.2) is 11.5 Å². The third-order valence-corrected chi connectivity index (χ3v) is 4.26. The minimum Gasteiger partial charge on any atom is -0.375 e. The van der Waals surface area contributed by atoms with Crippen molar-refractivity contribution in [3.05, 3.63) is 39.3 Å². The molecule has 1 aromatic heterocycles. The van der Waals surface area contributed by atoms with Gasteiger partial charge in [0.2, 0.25) is 0 Å². The highest BCUT2D eigenvalue weighted by Gasteiger charge is 2.19. The first-order valence-corrected chi connectivity index (χ1v) is 7.07. The van der Waals surface area contributed by atoms with Gasteiger partial charge in [0, 0.05) is 27.8 Å². The number of nitrogens with two attached hydrogens (primary N) is 1. The van der Waals surface area contributed by atoms with E-state index in [9.17, 15) is 0 Å². The van der Waals surface area contributed by atoms with E-state index >= 15 is 0 Å². The fraction of sp³-hybridized carbons (Fsp3) is 0.250. The zero-order valence-electron chi connectivity index (χ0n) is 9.19. The first-order valence-electron chi connectivity index (χ1n) is 5.46. The van der Waals surface area contributed by atoms with E-state index < -0.39 is 0 Å². The van der Waals surface area contributed by atoms with Gasteiger partial charge in [-0.3, -0.25) is 0 Å². The average molecular weight is 310 g/mol. The Kier molecular flexibility index (Phi) is 2.80. The van der Waals surface area contributed by atoms with Crippen molar-refractivity contribution < 1.29 is 0 Å². The van der Waals surface area contributed by atoms with Gasteiger partial charge in [0.25, 0.3) is 0 Å². The van der Waals surface area contributed by atoms with E-state index in [4.69, 9.17) is 5.73 Å². The molecule has 1 aliphatic rings. The summed E-state index contributed by atoms with van der Waals surface area (Å²) in [5.41, 5.74) is 8.40. The van der Waals surface area contributed by atoms with Gasteiger partial charge in [0.15, 0.2) is 5.13 Å². The molecule has 0 radical (unpaired) electrons. The van der Waals surface area contributed by atoms with Crippen LogP contribution in [0.3, 0.4) is 0 Å². The van der Waals surface area contributed by atoms with Gasteiger partial charge < -0.3 is 10.6 Å². The molecule has 1 aliphatic heterocycles. The van der Waals surface area contributed by atoms with Crippen molar-refractivity contribution in [1.82, 2.24) is 4.98 Å². The average Bonchev–Trinajstić information content (AvgIpc) is 2.87. The van der Waals surface area contributed by atoms with Crippen LogP contribution in [0.15, 0.2) is 28.9 Å². The Morgan fingerprint density at radius 2 is 2.35 bits per heavy atom. The largest absolute Gasteiger partial charge is 0.375 e. The van der Waals surface area contributed by atoms with E-state index in [1.807, 2.05) is 6.20 Å². The molecule has 5 heteroatoms. The minimum absolute atomic E-state index is 0.647. The Balaban J connectivity index is 1.86. The second-order valence-electron chi connectivity index (χ2n) is 4.11. The first kappa shape index (κ1) is 11.0. The number of halogens is 1. The van der Waals surface area contributed by atoms with E-state index in [-0.39, 0.29) is 0 Å². The normalized spacial score (nSPS) is 14.1. The quantitative estimate of drug-likeness (QED) is 0.927. The van der Waals surface area contributed by atoms with Gasteiger partial charge >= 0.3 is 0 Å². The summed E-state index contributed by atoms with van der Waals surface area (Å²) >= 11 is 5.09. The molecular formula is C12H12BrN3S. The summed E-state index contributed by atoms with van der Waals surface area (Å²) in [6, 6.07) is 6.49. The molecule has 88 valence electrons. The van der Waals surface area contributed by atoms with Gasteiger partial charge in [-0.1, -0.05) is 22.0 Å². The van der Waals surface area contributed by atoms with Crippen LogP contribution >= 0.6 is 27.3 Å². The molecule has 0 fully saturated rings. The van der Waals surface area contributed by atoms with Gasteiger partial charge in [-0.15, -0.1) is 11.3 Å². The zero-order chi connectivity index (χ0) is 11.8. The van der Waals surface area contributed by atoms with Gasteiger partial charge in [0.05, 0.1) is 6.54 Å². The zero-order valence-corrected chi connectivity index (χ0v) is 11.6. The maximum atomic E-state index is 5.65. The van der Waals surface area contributed by atoms with E-state index in [0.717, 1.165) is 24.0 Å². The highest BCUT2D eigenvalue weighted by Crippen LogP contribution is 2.32. The summed E-state index contributed by atoms with van der Waals surface area (Å²) in [5.74, 6) is 0. The van der Waals surface area contributed by atoms with E-state index in [1.54, 1.807) is 11.3 Å². The Hall–Kier alpha value is -1.07.